The van der Waals surface area contributed by atoms with Crippen LogP contribution < -0.4 is 5.32 Å². The van der Waals surface area contributed by atoms with Crippen LogP contribution in [0.3, 0.4) is 0 Å². The molecular formula is C10H10BrN5. The maximum absolute atomic E-state index is 4.33. The van der Waals surface area contributed by atoms with Crippen LogP contribution in [0.5, 0.6) is 0 Å². The molecule has 6 heteroatoms. The normalized spacial score (nSPS) is 10.2. The highest BCUT2D eigenvalue weighted by molar-refractivity contribution is 9.10. The highest BCUT2D eigenvalue weighted by Gasteiger charge is 2.10. The lowest BCUT2D eigenvalue weighted by molar-refractivity contribution is 1.04. The Morgan fingerprint density at radius 1 is 1.12 bits per heavy atom. The van der Waals surface area contributed by atoms with Crippen molar-refractivity contribution < 1.29 is 0 Å². The lowest BCUT2D eigenvalue weighted by atomic mass is 10.4. The Labute approximate surface area is 102 Å². The molecule has 0 aromatic carbocycles. The molecule has 1 N–H and O–H groups in total. The van der Waals surface area contributed by atoms with E-state index in [2.05, 4.69) is 41.2 Å². The Bertz CT molecular complexity index is 500. The number of rotatable bonds is 2. The molecule has 0 bridgehead atoms. The lowest BCUT2D eigenvalue weighted by Crippen LogP contribution is -2.02. The summed E-state index contributed by atoms with van der Waals surface area (Å²) in [5, 5.41) is 2.99. The molecule has 16 heavy (non-hydrogen) atoms. The van der Waals surface area contributed by atoms with E-state index < -0.39 is 0 Å². The van der Waals surface area contributed by atoms with Gasteiger partial charge in [-0.15, -0.1) is 0 Å². The van der Waals surface area contributed by atoms with Crippen molar-refractivity contribution in [3.63, 3.8) is 0 Å². The fraction of sp³-hybridized carbons (Fsp3) is 0.200. The zero-order valence-electron chi connectivity index (χ0n) is 8.90. The van der Waals surface area contributed by atoms with Gasteiger partial charge in [-0.3, -0.25) is 0 Å². The summed E-state index contributed by atoms with van der Waals surface area (Å²) in [4.78, 5) is 16.9. The van der Waals surface area contributed by atoms with E-state index in [1.807, 2.05) is 14.0 Å². The zero-order valence-corrected chi connectivity index (χ0v) is 10.5. The highest BCUT2D eigenvalue weighted by Crippen LogP contribution is 2.24. The van der Waals surface area contributed by atoms with Crippen LogP contribution in [0, 0.1) is 6.92 Å². The van der Waals surface area contributed by atoms with E-state index in [9.17, 15) is 0 Å². The summed E-state index contributed by atoms with van der Waals surface area (Å²) in [5.41, 5.74) is 0.849. The van der Waals surface area contributed by atoms with E-state index in [1.54, 1.807) is 18.5 Å². The number of hydrogen-bond acceptors (Lipinski definition) is 5. The third kappa shape index (κ3) is 2.01. The molecule has 0 aliphatic carbocycles. The second kappa shape index (κ2) is 4.52. The molecule has 0 fully saturated rings. The molecule has 0 saturated carbocycles. The van der Waals surface area contributed by atoms with E-state index >= 15 is 0 Å². The van der Waals surface area contributed by atoms with Crippen molar-refractivity contribution >= 4 is 21.7 Å². The highest BCUT2D eigenvalue weighted by atomic mass is 79.9. The smallest absolute Gasteiger partial charge is 0.199 e. The topological polar surface area (TPSA) is 63.6 Å². The van der Waals surface area contributed by atoms with Crippen LogP contribution in [0.2, 0.25) is 0 Å². The average Bonchev–Trinajstić information content (AvgIpc) is 2.33. The van der Waals surface area contributed by atoms with E-state index in [1.165, 1.54) is 0 Å². The van der Waals surface area contributed by atoms with Gasteiger partial charge in [-0.2, -0.15) is 0 Å². The third-order valence-electron chi connectivity index (χ3n) is 2.02. The molecule has 2 aromatic rings. The number of nitrogens with one attached hydrogen (secondary N) is 1. The van der Waals surface area contributed by atoms with Crippen LogP contribution in [0.1, 0.15) is 5.69 Å². The van der Waals surface area contributed by atoms with E-state index in [0.29, 0.717) is 11.6 Å². The Hall–Kier alpha value is -1.56. The van der Waals surface area contributed by atoms with Crippen molar-refractivity contribution in [1.82, 2.24) is 19.9 Å². The zero-order chi connectivity index (χ0) is 11.5. The van der Waals surface area contributed by atoms with Crippen LogP contribution in [-0.4, -0.2) is 27.0 Å². The quantitative estimate of drug-likeness (QED) is 0.912. The summed E-state index contributed by atoms with van der Waals surface area (Å²) < 4.78 is 0.856. The molecule has 0 spiro atoms. The van der Waals surface area contributed by atoms with Gasteiger partial charge >= 0.3 is 0 Å². The molecule has 2 heterocycles. The van der Waals surface area contributed by atoms with Gasteiger partial charge in [0.1, 0.15) is 5.82 Å². The standard InChI is InChI=1S/C10H10BrN5/c1-6-7(11)8(12-2)16-10(15-6)9-13-4-3-5-14-9/h3-5H,1-2H3,(H,12,15,16). The molecule has 0 saturated heterocycles. The third-order valence-corrected chi connectivity index (χ3v) is 2.97. The van der Waals surface area contributed by atoms with Gasteiger partial charge in [0, 0.05) is 19.4 Å². The Balaban J connectivity index is 2.55. The van der Waals surface area contributed by atoms with Crippen molar-refractivity contribution in [2.45, 2.75) is 6.92 Å². The summed E-state index contributed by atoms with van der Waals surface area (Å²) in [6.45, 7) is 1.90. The number of anilines is 1. The largest absolute Gasteiger partial charge is 0.372 e. The SMILES string of the molecule is CNc1nc(-c2ncccn2)nc(C)c1Br. The fourth-order valence-electron chi connectivity index (χ4n) is 1.24. The van der Waals surface area contributed by atoms with E-state index in [4.69, 9.17) is 0 Å². The molecule has 0 aliphatic rings. The first-order valence-corrected chi connectivity index (χ1v) is 5.51. The summed E-state index contributed by atoms with van der Waals surface area (Å²) >= 11 is 3.42. The number of nitrogens with zero attached hydrogens (tertiary/aromatic N) is 4. The summed E-state index contributed by atoms with van der Waals surface area (Å²) in [7, 11) is 1.81. The first kappa shape index (κ1) is 10.9. The van der Waals surface area contributed by atoms with Crippen molar-refractivity contribution in [1.29, 1.82) is 0 Å². The lowest BCUT2D eigenvalue weighted by Gasteiger charge is -2.07. The maximum atomic E-state index is 4.33. The predicted molar refractivity (Wildman–Crippen MR) is 65.0 cm³/mol. The van der Waals surface area contributed by atoms with Gasteiger partial charge < -0.3 is 5.32 Å². The maximum Gasteiger partial charge on any atom is 0.199 e. The van der Waals surface area contributed by atoms with Crippen LogP contribution >= 0.6 is 15.9 Å². The van der Waals surface area contributed by atoms with Crippen LogP contribution in [0.25, 0.3) is 11.6 Å². The molecule has 0 amide bonds. The average molecular weight is 280 g/mol. The molecular weight excluding hydrogens is 270 g/mol. The molecule has 0 atom stereocenters. The van der Waals surface area contributed by atoms with Crippen LogP contribution in [0.4, 0.5) is 5.82 Å². The van der Waals surface area contributed by atoms with E-state index in [-0.39, 0.29) is 0 Å². The molecule has 5 nitrogen and oxygen atoms in total. The molecule has 0 aliphatic heterocycles. The first-order chi connectivity index (χ1) is 7.72. The number of aryl methyl sites for hydroxylation is 1. The summed E-state index contributed by atoms with van der Waals surface area (Å²) in [6.07, 6.45) is 3.34. The Morgan fingerprint density at radius 2 is 1.81 bits per heavy atom. The molecule has 2 aromatic heterocycles. The second-order valence-electron chi connectivity index (χ2n) is 3.12. The van der Waals surface area contributed by atoms with Crippen LogP contribution in [0.15, 0.2) is 22.9 Å². The predicted octanol–water partition coefficient (Wildman–Crippen LogP) is 2.05. The number of aromatic nitrogens is 4. The summed E-state index contributed by atoms with van der Waals surface area (Å²) in [6, 6.07) is 1.76. The Morgan fingerprint density at radius 3 is 2.44 bits per heavy atom. The van der Waals surface area contributed by atoms with Crippen LogP contribution in [-0.2, 0) is 0 Å². The van der Waals surface area contributed by atoms with Crippen molar-refractivity contribution in [2.75, 3.05) is 12.4 Å². The number of halogens is 1. The monoisotopic (exact) mass is 279 g/mol. The van der Waals surface area contributed by atoms with Gasteiger partial charge in [0.05, 0.1) is 10.2 Å². The first-order valence-electron chi connectivity index (χ1n) is 4.71. The minimum Gasteiger partial charge on any atom is -0.372 e. The van der Waals surface area contributed by atoms with Gasteiger partial charge in [0.2, 0.25) is 0 Å². The van der Waals surface area contributed by atoms with Gasteiger partial charge in [-0.25, -0.2) is 19.9 Å². The van der Waals surface area contributed by atoms with Crippen molar-refractivity contribution in [3.05, 3.63) is 28.6 Å². The van der Waals surface area contributed by atoms with Gasteiger partial charge in [0.15, 0.2) is 11.6 Å². The molecule has 2 rings (SSSR count). The van der Waals surface area contributed by atoms with Gasteiger partial charge in [0.25, 0.3) is 0 Å². The van der Waals surface area contributed by atoms with Gasteiger partial charge in [-0.1, -0.05) is 0 Å². The minimum atomic E-state index is 0.519. The van der Waals surface area contributed by atoms with Crippen molar-refractivity contribution in [2.24, 2.45) is 0 Å². The fourth-order valence-corrected chi connectivity index (χ4v) is 1.62. The summed E-state index contributed by atoms with van der Waals surface area (Å²) in [5.74, 6) is 1.77. The second-order valence-corrected chi connectivity index (χ2v) is 3.91. The van der Waals surface area contributed by atoms with Gasteiger partial charge in [-0.05, 0) is 28.9 Å². The minimum absolute atomic E-state index is 0.519. The van der Waals surface area contributed by atoms with Crippen molar-refractivity contribution in [3.8, 4) is 11.6 Å². The molecule has 0 unspecified atom stereocenters. The molecule has 0 radical (unpaired) electrons. The molecule has 82 valence electrons. The Kier molecular flexibility index (Phi) is 3.09. The number of hydrogen-bond donors (Lipinski definition) is 1. The van der Waals surface area contributed by atoms with E-state index in [0.717, 1.165) is 16.0 Å².